The molecule has 1 aliphatic rings. The quantitative estimate of drug-likeness (QED) is 0.757. The molecule has 1 atom stereocenters. The lowest BCUT2D eigenvalue weighted by Gasteiger charge is -2.13. The summed E-state index contributed by atoms with van der Waals surface area (Å²) in [6.45, 7) is 3.61. The first-order chi connectivity index (χ1) is 11.8. The van der Waals surface area contributed by atoms with Crippen molar-refractivity contribution in [2.45, 2.75) is 25.4 Å². The smallest absolute Gasteiger partial charge is 0.224 e. The highest BCUT2D eigenvalue weighted by molar-refractivity contribution is 5.43. The van der Waals surface area contributed by atoms with Gasteiger partial charge >= 0.3 is 0 Å². The van der Waals surface area contributed by atoms with Gasteiger partial charge in [-0.15, -0.1) is 0 Å². The van der Waals surface area contributed by atoms with Crippen LogP contribution in [0.15, 0.2) is 18.6 Å². The van der Waals surface area contributed by atoms with Gasteiger partial charge < -0.3 is 24.7 Å². The molecule has 8 nitrogen and oxygen atoms in total. The third-order valence-corrected chi connectivity index (χ3v) is 4.10. The van der Waals surface area contributed by atoms with E-state index in [1.807, 2.05) is 25.6 Å². The van der Waals surface area contributed by atoms with E-state index in [1.54, 1.807) is 7.11 Å². The molecule has 8 heteroatoms. The van der Waals surface area contributed by atoms with Crippen LogP contribution in [0.5, 0.6) is 0 Å². The third-order valence-electron chi connectivity index (χ3n) is 4.10. The zero-order valence-corrected chi connectivity index (χ0v) is 14.2. The van der Waals surface area contributed by atoms with Gasteiger partial charge in [0.15, 0.2) is 0 Å². The molecule has 1 fully saturated rings. The summed E-state index contributed by atoms with van der Waals surface area (Å²) in [5.74, 6) is 1.76. The number of rotatable bonds is 8. The number of hydrogen-bond donors (Lipinski definition) is 2. The Kier molecular flexibility index (Phi) is 5.60. The Bertz CT molecular complexity index is 654. The van der Waals surface area contributed by atoms with E-state index in [0.717, 1.165) is 43.4 Å². The third kappa shape index (κ3) is 4.01. The Labute approximate surface area is 141 Å². The Hall–Kier alpha value is -2.19. The SMILES string of the molecule is CNc1nc(NCc2cncn2CCOC)cc([C@@H]2CCOC2)n1. The van der Waals surface area contributed by atoms with Crippen LogP contribution >= 0.6 is 0 Å². The molecule has 0 spiro atoms. The number of nitrogens with zero attached hydrogens (tertiary/aromatic N) is 4. The highest BCUT2D eigenvalue weighted by atomic mass is 16.5. The van der Waals surface area contributed by atoms with Crippen LogP contribution < -0.4 is 10.6 Å². The second kappa shape index (κ2) is 8.07. The number of imidazole rings is 1. The number of ether oxygens (including phenoxy) is 2. The summed E-state index contributed by atoms with van der Waals surface area (Å²) in [4.78, 5) is 13.3. The van der Waals surface area contributed by atoms with Gasteiger partial charge in [0.1, 0.15) is 5.82 Å². The number of methoxy groups -OCH3 is 1. The highest BCUT2D eigenvalue weighted by Crippen LogP contribution is 2.26. The van der Waals surface area contributed by atoms with Crippen molar-refractivity contribution in [3.05, 3.63) is 30.0 Å². The molecule has 0 amide bonds. The maximum Gasteiger partial charge on any atom is 0.224 e. The molecule has 3 heterocycles. The van der Waals surface area contributed by atoms with E-state index < -0.39 is 0 Å². The molecule has 0 radical (unpaired) electrons. The predicted molar refractivity (Wildman–Crippen MR) is 91.2 cm³/mol. The number of hydrogen-bond acceptors (Lipinski definition) is 7. The van der Waals surface area contributed by atoms with Crippen LogP contribution in [0.2, 0.25) is 0 Å². The summed E-state index contributed by atoms with van der Waals surface area (Å²) in [5, 5.41) is 6.40. The Morgan fingerprint density at radius 3 is 3.08 bits per heavy atom. The molecule has 0 aromatic carbocycles. The van der Waals surface area contributed by atoms with Crippen LogP contribution in [0, 0.1) is 0 Å². The summed E-state index contributed by atoms with van der Waals surface area (Å²) >= 11 is 0. The monoisotopic (exact) mass is 332 g/mol. The fourth-order valence-corrected chi connectivity index (χ4v) is 2.71. The largest absolute Gasteiger partial charge is 0.383 e. The minimum absolute atomic E-state index is 0.341. The van der Waals surface area contributed by atoms with Gasteiger partial charge in [0.2, 0.25) is 5.95 Å². The van der Waals surface area contributed by atoms with Crippen molar-refractivity contribution in [2.24, 2.45) is 0 Å². The van der Waals surface area contributed by atoms with Crippen LogP contribution in [0.25, 0.3) is 0 Å². The Balaban J connectivity index is 1.70. The van der Waals surface area contributed by atoms with Gasteiger partial charge in [-0.2, -0.15) is 4.98 Å². The average molecular weight is 332 g/mol. The molecule has 130 valence electrons. The lowest BCUT2D eigenvalue weighted by atomic mass is 10.0. The minimum Gasteiger partial charge on any atom is -0.383 e. The molecule has 0 bridgehead atoms. The topological polar surface area (TPSA) is 86.1 Å². The molecule has 0 aliphatic carbocycles. The molecule has 1 aliphatic heterocycles. The van der Waals surface area contributed by atoms with Gasteiger partial charge in [-0.1, -0.05) is 0 Å². The van der Waals surface area contributed by atoms with Gasteiger partial charge in [-0.05, 0) is 6.42 Å². The zero-order chi connectivity index (χ0) is 16.8. The molecule has 0 unspecified atom stereocenters. The normalized spacial score (nSPS) is 17.2. The van der Waals surface area contributed by atoms with E-state index in [4.69, 9.17) is 9.47 Å². The Morgan fingerprint density at radius 2 is 2.33 bits per heavy atom. The van der Waals surface area contributed by atoms with Gasteiger partial charge in [-0.25, -0.2) is 9.97 Å². The van der Waals surface area contributed by atoms with E-state index in [9.17, 15) is 0 Å². The van der Waals surface area contributed by atoms with E-state index in [1.165, 1.54) is 0 Å². The van der Waals surface area contributed by atoms with Crippen LogP contribution in [-0.2, 0) is 22.6 Å². The summed E-state index contributed by atoms with van der Waals surface area (Å²) in [6, 6.07) is 2.01. The summed E-state index contributed by atoms with van der Waals surface area (Å²) < 4.78 is 12.7. The van der Waals surface area contributed by atoms with Crippen molar-refractivity contribution < 1.29 is 9.47 Å². The van der Waals surface area contributed by atoms with Gasteiger partial charge in [0.25, 0.3) is 0 Å². The fourth-order valence-electron chi connectivity index (χ4n) is 2.71. The molecule has 3 rings (SSSR count). The molecule has 2 N–H and O–H groups in total. The number of anilines is 2. The van der Waals surface area contributed by atoms with E-state index in [0.29, 0.717) is 25.0 Å². The average Bonchev–Trinajstić information content (AvgIpc) is 3.29. The van der Waals surface area contributed by atoms with Crippen LogP contribution in [0.3, 0.4) is 0 Å². The summed E-state index contributed by atoms with van der Waals surface area (Å²) in [6.07, 6.45) is 4.67. The molecule has 24 heavy (non-hydrogen) atoms. The number of nitrogens with one attached hydrogen (secondary N) is 2. The lowest BCUT2D eigenvalue weighted by Crippen LogP contribution is -2.12. The second-order valence-corrected chi connectivity index (χ2v) is 5.74. The molecule has 1 saturated heterocycles. The van der Waals surface area contributed by atoms with Crippen molar-refractivity contribution >= 4 is 11.8 Å². The number of aromatic nitrogens is 4. The molecule has 2 aromatic rings. The summed E-state index contributed by atoms with van der Waals surface area (Å²) in [7, 11) is 3.52. The van der Waals surface area contributed by atoms with Gasteiger partial charge in [0, 0.05) is 45.5 Å². The minimum atomic E-state index is 0.341. The first kappa shape index (κ1) is 16.7. The molecule has 0 saturated carbocycles. The van der Waals surface area contributed by atoms with E-state index in [-0.39, 0.29) is 0 Å². The van der Waals surface area contributed by atoms with Crippen LogP contribution in [-0.4, -0.2) is 53.5 Å². The molecular formula is C16H24N6O2. The fraction of sp³-hybridized carbons (Fsp3) is 0.562. The maximum atomic E-state index is 5.47. The van der Waals surface area contributed by atoms with Gasteiger partial charge in [0.05, 0.1) is 37.5 Å². The standard InChI is InChI=1S/C16H24N6O2/c1-17-16-20-14(12-3-5-24-10-12)7-15(21-16)19-9-13-8-18-11-22(13)4-6-23-2/h7-8,11-12H,3-6,9-10H2,1-2H3,(H2,17,19,20,21)/t12-/m1/s1. The zero-order valence-electron chi connectivity index (χ0n) is 14.2. The predicted octanol–water partition coefficient (Wildman–Crippen LogP) is 1.48. The van der Waals surface area contributed by atoms with Crippen molar-refractivity contribution in [3.63, 3.8) is 0 Å². The van der Waals surface area contributed by atoms with Crippen molar-refractivity contribution in [1.29, 1.82) is 0 Å². The summed E-state index contributed by atoms with van der Waals surface area (Å²) in [5.41, 5.74) is 2.10. The second-order valence-electron chi connectivity index (χ2n) is 5.74. The van der Waals surface area contributed by atoms with E-state index in [2.05, 4.69) is 30.2 Å². The van der Waals surface area contributed by atoms with Crippen LogP contribution in [0.1, 0.15) is 23.7 Å². The Morgan fingerprint density at radius 1 is 1.42 bits per heavy atom. The van der Waals surface area contributed by atoms with Crippen molar-refractivity contribution in [3.8, 4) is 0 Å². The lowest BCUT2D eigenvalue weighted by molar-refractivity contribution is 0.186. The van der Waals surface area contributed by atoms with E-state index >= 15 is 0 Å². The van der Waals surface area contributed by atoms with Crippen molar-refractivity contribution in [2.75, 3.05) is 44.6 Å². The molecular weight excluding hydrogens is 308 g/mol. The van der Waals surface area contributed by atoms with Gasteiger partial charge in [-0.3, -0.25) is 0 Å². The highest BCUT2D eigenvalue weighted by Gasteiger charge is 2.20. The first-order valence-electron chi connectivity index (χ1n) is 8.16. The first-order valence-corrected chi connectivity index (χ1v) is 8.16. The van der Waals surface area contributed by atoms with Crippen molar-refractivity contribution in [1.82, 2.24) is 19.5 Å². The molecule has 2 aromatic heterocycles. The van der Waals surface area contributed by atoms with Crippen LogP contribution in [0.4, 0.5) is 11.8 Å². The maximum absolute atomic E-state index is 5.47.